The van der Waals surface area contributed by atoms with E-state index in [0.29, 0.717) is 18.2 Å². The van der Waals surface area contributed by atoms with E-state index in [4.69, 9.17) is 5.11 Å². The first-order valence-electron chi connectivity index (χ1n) is 4.40. The summed E-state index contributed by atoms with van der Waals surface area (Å²) in [4.78, 5) is 10.6. The number of carboxylic acid groups (broad SMARTS) is 1. The Kier molecular flexibility index (Phi) is 2.54. The molecule has 1 fully saturated rings. The van der Waals surface area contributed by atoms with Crippen molar-refractivity contribution in [1.82, 2.24) is 15.0 Å². The Hall–Kier alpha value is -0.910. The van der Waals surface area contributed by atoms with E-state index in [1.807, 2.05) is 6.20 Å². The van der Waals surface area contributed by atoms with Gasteiger partial charge in [0.2, 0.25) is 0 Å². The van der Waals surface area contributed by atoms with Gasteiger partial charge in [-0.3, -0.25) is 4.79 Å². The highest BCUT2D eigenvalue weighted by molar-refractivity contribution is 9.08. The molecule has 0 unspecified atom stereocenters. The minimum absolute atomic E-state index is 0.198. The Morgan fingerprint density at radius 1 is 1.71 bits per heavy atom. The van der Waals surface area contributed by atoms with E-state index in [1.165, 1.54) is 0 Å². The van der Waals surface area contributed by atoms with Crippen LogP contribution in [0.2, 0.25) is 0 Å². The number of rotatable bonds is 3. The number of hydrogen-bond acceptors (Lipinski definition) is 3. The summed E-state index contributed by atoms with van der Waals surface area (Å²) in [6, 6.07) is 0.219. The monoisotopic (exact) mass is 259 g/mol. The van der Waals surface area contributed by atoms with Crippen molar-refractivity contribution >= 4 is 21.9 Å². The zero-order chi connectivity index (χ0) is 10.1. The van der Waals surface area contributed by atoms with Crippen molar-refractivity contribution in [2.24, 2.45) is 5.92 Å². The van der Waals surface area contributed by atoms with Crippen molar-refractivity contribution < 1.29 is 9.90 Å². The normalized spacial score (nSPS) is 25.8. The van der Waals surface area contributed by atoms with Gasteiger partial charge in [0, 0.05) is 11.5 Å². The largest absolute Gasteiger partial charge is 0.481 e. The number of carboxylic acids is 1. The molecule has 2 rings (SSSR count). The molecule has 76 valence electrons. The quantitative estimate of drug-likeness (QED) is 0.829. The first kappa shape index (κ1) is 9.64. The zero-order valence-electron chi connectivity index (χ0n) is 7.43. The molecule has 0 saturated heterocycles. The van der Waals surface area contributed by atoms with Gasteiger partial charge in [-0.1, -0.05) is 21.1 Å². The van der Waals surface area contributed by atoms with E-state index in [9.17, 15) is 4.79 Å². The Morgan fingerprint density at radius 3 is 2.93 bits per heavy atom. The van der Waals surface area contributed by atoms with E-state index in [0.717, 1.165) is 5.69 Å². The van der Waals surface area contributed by atoms with Crippen molar-refractivity contribution in [3.05, 3.63) is 11.9 Å². The molecule has 1 N–H and O–H groups in total. The molecular formula is C8H10BrN3O2. The van der Waals surface area contributed by atoms with Gasteiger partial charge in [-0.15, -0.1) is 5.10 Å². The lowest BCUT2D eigenvalue weighted by molar-refractivity contribution is -0.146. The van der Waals surface area contributed by atoms with Gasteiger partial charge in [-0.2, -0.15) is 0 Å². The summed E-state index contributed by atoms with van der Waals surface area (Å²) in [5, 5.41) is 17.3. The first-order chi connectivity index (χ1) is 6.70. The van der Waals surface area contributed by atoms with Gasteiger partial charge in [0.25, 0.3) is 0 Å². The van der Waals surface area contributed by atoms with Crippen LogP contribution in [0.15, 0.2) is 6.20 Å². The minimum Gasteiger partial charge on any atom is -0.481 e. The lowest BCUT2D eigenvalue weighted by Crippen LogP contribution is -2.32. The molecule has 0 amide bonds. The molecule has 1 aliphatic rings. The van der Waals surface area contributed by atoms with E-state index in [-0.39, 0.29) is 12.0 Å². The fourth-order valence-electron chi connectivity index (χ4n) is 1.56. The average Bonchev–Trinajstić information content (AvgIpc) is 2.49. The van der Waals surface area contributed by atoms with Crippen molar-refractivity contribution in [3.8, 4) is 0 Å². The van der Waals surface area contributed by atoms with Crippen LogP contribution in [0.4, 0.5) is 0 Å². The third kappa shape index (κ3) is 1.66. The predicted octanol–water partition coefficient (Wildman–Crippen LogP) is 1.21. The van der Waals surface area contributed by atoms with Crippen LogP contribution < -0.4 is 0 Å². The fraction of sp³-hybridized carbons (Fsp3) is 0.625. The molecule has 0 aliphatic heterocycles. The number of nitrogens with zero attached hydrogens (tertiary/aromatic N) is 3. The molecule has 1 saturated carbocycles. The van der Waals surface area contributed by atoms with Gasteiger partial charge in [-0.05, 0) is 12.8 Å². The van der Waals surface area contributed by atoms with Crippen LogP contribution in [0, 0.1) is 5.92 Å². The summed E-state index contributed by atoms with van der Waals surface area (Å²) in [5.74, 6) is -0.904. The molecule has 1 aromatic heterocycles. The second kappa shape index (κ2) is 3.68. The number of halogens is 1. The molecule has 1 aliphatic carbocycles. The van der Waals surface area contributed by atoms with Crippen LogP contribution in [0.25, 0.3) is 0 Å². The number of alkyl halides is 1. The molecule has 0 atom stereocenters. The summed E-state index contributed by atoms with van der Waals surface area (Å²) in [5.41, 5.74) is 0.878. The third-order valence-corrected chi connectivity index (χ3v) is 3.11. The zero-order valence-corrected chi connectivity index (χ0v) is 9.01. The van der Waals surface area contributed by atoms with Gasteiger partial charge < -0.3 is 5.11 Å². The Labute approximate surface area is 89.2 Å². The highest BCUT2D eigenvalue weighted by Crippen LogP contribution is 2.37. The first-order valence-corrected chi connectivity index (χ1v) is 5.52. The van der Waals surface area contributed by atoms with E-state index < -0.39 is 5.97 Å². The summed E-state index contributed by atoms with van der Waals surface area (Å²) >= 11 is 3.29. The number of aromatic nitrogens is 3. The summed E-state index contributed by atoms with van der Waals surface area (Å²) in [6.45, 7) is 0. The summed E-state index contributed by atoms with van der Waals surface area (Å²) in [6.07, 6.45) is 3.19. The standard InChI is InChI=1S/C8H10BrN3O2/c9-3-6-4-12(11-10-6)7-1-5(2-7)8(13)14/h4-5,7H,1-3H2,(H,13,14). The molecule has 0 bridgehead atoms. The minimum atomic E-state index is -0.706. The molecule has 6 heteroatoms. The molecule has 14 heavy (non-hydrogen) atoms. The van der Waals surface area contributed by atoms with Crippen molar-refractivity contribution in [1.29, 1.82) is 0 Å². The van der Waals surface area contributed by atoms with Crippen LogP contribution in [-0.4, -0.2) is 26.1 Å². The van der Waals surface area contributed by atoms with E-state index in [2.05, 4.69) is 26.2 Å². The smallest absolute Gasteiger partial charge is 0.306 e. The molecule has 1 aromatic rings. The van der Waals surface area contributed by atoms with E-state index in [1.54, 1.807) is 4.68 Å². The number of carbonyl (C=O) groups is 1. The lowest BCUT2D eigenvalue weighted by Gasteiger charge is -2.31. The Bertz CT molecular complexity index is 346. The second-order valence-electron chi connectivity index (χ2n) is 3.48. The maximum Gasteiger partial charge on any atom is 0.306 e. The molecule has 0 spiro atoms. The molecule has 0 radical (unpaired) electrons. The average molecular weight is 260 g/mol. The van der Waals surface area contributed by atoms with Crippen LogP contribution >= 0.6 is 15.9 Å². The van der Waals surface area contributed by atoms with Crippen molar-refractivity contribution in [2.75, 3.05) is 0 Å². The molecule has 1 heterocycles. The lowest BCUT2D eigenvalue weighted by atomic mass is 9.80. The van der Waals surface area contributed by atoms with Gasteiger partial charge >= 0.3 is 5.97 Å². The predicted molar refractivity (Wildman–Crippen MR) is 52.0 cm³/mol. The van der Waals surface area contributed by atoms with Gasteiger partial charge in [0.15, 0.2) is 0 Å². The maximum absolute atomic E-state index is 10.6. The molecular weight excluding hydrogens is 250 g/mol. The van der Waals surface area contributed by atoms with Crippen LogP contribution in [0.1, 0.15) is 24.6 Å². The SMILES string of the molecule is O=C(O)C1CC(n2cc(CBr)nn2)C1. The van der Waals surface area contributed by atoms with Crippen molar-refractivity contribution in [3.63, 3.8) is 0 Å². The topological polar surface area (TPSA) is 68.0 Å². The third-order valence-electron chi connectivity index (χ3n) is 2.53. The molecule has 0 aromatic carbocycles. The van der Waals surface area contributed by atoms with Crippen LogP contribution in [0.5, 0.6) is 0 Å². The fourth-order valence-corrected chi connectivity index (χ4v) is 1.82. The second-order valence-corrected chi connectivity index (χ2v) is 4.04. The summed E-state index contributed by atoms with van der Waals surface area (Å²) in [7, 11) is 0. The van der Waals surface area contributed by atoms with E-state index >= 15 is 0 Å². The summed E-state index contributed by atoms with van der Waals surface area (Å²) < 4.78 is 1.76. The van der Waals surface area contributed by atoms with Crippen LogP contribution in [0.3, 0.4) is 0 Å². The number of aliphatic carboxylic acids is 1. The molecule has 5 nitrogen and oxygen atoms in total. The van der Waals surface area contributed by atoms with Gasteiger partial charge in [-0.25, -0.2) is 4.68 Å². The highest BCUT2D eigenvalue weighted by atomic mass is 79.9. The van der Waals surface area contributed by atoms with Crippen molar-refractivity contribution in [2.45, 2.75) is 24.2 Å². The Morgan fingerprint density at radius 2 is 2.43 bits per heavy atom. The van der Waals surface area contributed by atoms with Gasteiger partial charge in [0.05, 0.1) is 17.7 Å². The van der Waals surface area contributed by atoms with Gasteiger partial charge in [0.1, 0.15) is 0 Å². The number of hydrogen-bond donors (Lipinski definition) is 1. The van der Waals surface area contributed by atoms with Crippen LogP contribution in [-0.2, 0) is 10.1 Å². The Balaban J connectivity index is 1.96. The highest BCUT2D eigenvalue weighted by Gasteiger charge is 2.36. The maximum atomic E-state index is 10.6.